The maximum absolute atomic E-state index is 6.05. The number of aryl methyl sites for hydroxylation is 3. The fourth-order valence-electron chi connectivity index (χ4n) is 2.54. The maximum Gasteiger partial charge on any atom is 0.167 e. The second-order valence-corrected chi connectivity index (χ2v) is 4.76. The first-order valence-corrected chi connectivity index (χ1v) is 6.25. The largest absolute Gasteiger partial charge is 0.383 e. The highest BCUT2D eigenvalue weighted by Crippen LogP contribution is 2.29. The summed E-state index contributed by atoms with van der Waals surface area (Å²) in [5.74, 6) is 1.99. The van der Waals surface area contributed by atoms with Crippen LogP contribution in [-0.2, 0) is 12.8 Å². The molecule has 18 heavy (non-hydrogen) atoms. The molecule has 2 N–H and O–H groups in total. The second kappa shape index (κ2) is 4.08. The van der Waals surface area contributed by atoms with Crippen LogP contribution in [0.4, 0.5) is 5.82 Å². The standard InChI is InChI=1S/C13H16N4O/c1-7-11(8(2)18-17-7)13-15-10-6-4-3-5-9(10)12(14)16-13/h3-6H2,1-2H3,(H2,14,15,16). The van der Waals surface area contributed by atoms with Gasteiger partial charge in [0.25, 0.3) is 0 Å². The molecule has 0 saturated carbocycles. The minimum Gasteiger partial charge on any atom is -0.383 e. The molecule has 2 aromatic heterocycles. The second-order valence-electron chi connectivity index (χ2n) is 4.76. The molecule has 0 amide bonds. The number of hydrogen-bond donors (Lipinski definition) is 1. The summed E-state index contributed by atoms with van der Waals surface area (Å²) in [5.41, 5.74) is 9.93. The van der Waals surface area contributed by atoms with E-state index in [4.69, 9.17) is 10.3 Å². The highest BCUT2D eigenvalue weighted by atomic mass is 16.5. The summed E-state index contributed by atoms with van der Waals surface area (Å²) in [6.45, 7) is 3.76. The topological polar surface area (TPSA) is 77.8 Å². The fourth-order valence-corrected chi connectivity index (χ4v) is 2.54. The van der Waals surface area contributed by atoms with Crippen molar-refractivity contribution in [2.45, 2.75) is 39.5 Å². The van der Waals surface area contributed by atoms with Gasteiger partial charge in [-0.25, -0.2) is 9.97 Å². The molecule has 5 heteroatoms. The minimum atomic E-state index is 0.606. The Labute approximate surface area is 105 Å². The van der Waals surface area contributed by atoms with Gasteiger partial charge >= 0.3 is 0 Å². The van der Waals surface area contributed by atoms with E-state index >= 15 is 0 Å². The summed E-state index contributed by atoms with van der Waals surface area (Å²) in [5, 5.41) is 3.94. The van der Waals surface area contributed by atoms with E-state index in [9.17, 15) is 0 Å². The Kier molecular flexibility index (Phi) is 2.54. The molecular weight excluding hydrogens is 228 g/mol. The van der Waals surface area contributed by atoms with Crippen LogP contribution in [0.1, 0.15) is 35.6 Å². The van der Waals surface area contributed by atoms with E-state index in [0.29, 0.717) is 11.6 Å². The first-order chi connectivity index (χ1) is 8.66. The fraction of sp³-hybridized carbons (Fsp3) is 0.462. The number of nitrogens with zero attached hydrogens (tertiary/aromatic N) is 3. The van der Waals surface area contributed by atoms with Gasteiger partial charge in [-0.2, -0.15) is 0 Å². The normalized spacial score (nSPS) is 14.6. The molecule has 94 valence electrons. The maximum atomic E-state index is 6.05. The Hall–Kier alpha value is -1.91. The number of anilines is 1. The van der Waals surface area contributed by atoms with Crippen molar-refractivity contribution in [3.05, 3.63) is 22.7 Å². The van der Waals surface area contributed by atoms with Crippen LogP contribution in [-0.4, -0.2) is 15.1 Å². The zero-order valence-corrected chi connectivity index (χ0v) is 10.7. The average molecular weight is 244 g/mol. The Morgan fingerprint density at radius 1 is 1.11 bits per heavy atom. The predicted molar refractivity (Wildman–Crippen MR) is 68.1 cm³/mol. The molecule has 0 saturated heterocycles. The Balaban J connectivity index is 2.17. The Bertz CT molecular complexity index is 584. The van der Waals surface area contributed by atoms with Crippen LogP contribution in [0.15, 0.2) is 4.52 Å². The summed E-state index contributed by atoms with van der Waals surface area (Å²) in [6, 6.07) is 0. The smallest absolute Gasteiger partial charge is 0.167 e. The van der Waals surface area contributed by atoms with E-state index in [1.54, 1.807) is 0 Å². The molecule has 1 aliphatic carbocycles. The summed E-state index contributed by atoms with van der Waals surface area (Å²) >= 11 is 0. The number of hydrogen-bond acceptors (Lipinski definition) is 5. The van der Waals surface area contributed by atoms with E-state index in [1.807, 2.05) is 13.8 Å². The first kappa shape index (κ1) is 11.2. The van der Waals surface area contributed by atoms with Crippen LogP contribution in [0, 0.1) is 13.8 Å². The molecule has 0 aliphatic heterocycles. The third-order valence-corrected chi connectivity index (χ3v) is 3.47. The van der Waals surface area contributed by atoms with Gasteiger partial charge < -0.3 is 10.3 Å². The molecule has 5 nitrogen and oxygen atoms in total. The van der Waals surface area contributed by atoms with Gasteiger partial charge in [-0.05, 0) is 39.5 Å². The summed E-state index contributed by atoms with van der Waals surface area (Å²) in [7, 11) is 0. The number of rotatable bonds is 1. The van der Waals surface area contributed by atoms with E-state index in [-0.39, 0.29) is 0 Å². The van der Waals surface area contributed by atoms with E-state index in [2.05, 4.69) is 15.1 Å². The molecule has 3 rings (SSSR count). The molecule has 0 spiro atoms. The quantitative estimate of drug-likeness (QED) is 0.832. The van der Waals surface area contributed by atoms with Crippen molar-refractivity contribution in [3.63, 3.8) is 0 Å². The van der Waals surface area contributed by atoms with Crippen LogP contribution >= 0.6 is 0 Å². The summed E-state index contributed by atoms with van der Waals surface area (Å²) in [6.07, 6.45) is 4.32. The molecule has 0 bridgehead atoms. The van der Waals surface area contributed by atoms with Crippen LogP contribution < -0.4 is 5.73 Å². The van der Waals surface area contributed by atoms with Gasteiger partial charge in [-0.3, -0.25) is 0 Å². The zero-order valence-electron chi connectivity index (χ0n) is 10.7. The van der Waals surface area contributed by atoms with E-state index in [0.717, 1.165) is 41.1 Å². The van der Waals surface area contributed by atoms with Gasteiger partial charge in [-0.1, -0.05) is 5.16 Å². The Morgan fingerprint density at radius 3 is 2.61 bits per heavy atom. The van der Waals surface area contributed by atoms with Crippen molar-refractivity contribution in [2.24, 2.45) is 0 Å². The molecule has 2 heterocycles. The zero-order chi connectivity index (χ0) is 12.7. The van der Waals surface area contributed by atoms with Crippen molar-refractivity contribution in [2.75, 3.05) is 5.73 Å². The third kappa shape index (κ3) is 1.66. The number of nitrogen functional groups attached to an aromatic ring is 1. The van der Waals surface area contributed by atoms with Gasteiger partial charge in [0.1, 0.15) is 11.6 Å². The molecule has 0 atom stereocenters. The molecule has 2 aromatic rings. The van der Waals surface area contributed by atoms with Gasteiger partial charge in [0.05, 0.1) is 11.3 Å². The van der Waals surface area contributed by atoms with Crippen molar-refractivity contribution in [1.29, 1.82) is 0 Å². The average Bonchev–Trinajstić information content (AvgIpc) is 2.69. The molecule has 0 aromatic carbocycles. The molecule has 0 unspecified atom stereocenters. The summed E-state index contributed by atoms with van der Waals surface area (Å²) < 4.78 is 5.16. The lowest BCUT2D eigenvalue weighted by Crippen LogP contribution is -2.12. The van der Waals surface area contributed by atoms with Crippen molar-refractivity contribution >= 4 is 5.82 Å². The van der Waals surface area contributed by atoms with Gasteiger partial charge in [-0.15, -0.1) is 0 Å². The predicted octanol–water partition coefficient (Wildman–Crippen LogP) is 2.21. The van der Waals surface area contributed by atoms with Crippen LogP contribution in [0.3, 0.4) is 0 Å². The molecule has 0 radical (unpaired) electrons. The lowest BCUT2D eigenvalue weighted by atomic mass is 9.96. The number of fused-ring (bicyclic) bond motifs is 1. The minimum absolute atomic E-state index is 0.606. The van der Waals surface area contributed by atoms with E-state index in [1.165, 1.54) is 12.8 Å². The van der Waals surface area contributed by atoms with Crippen LogP contribution in [0.5, 0.6) is 0 Å². The lowest BCUT2D eigenvalue weighted by Gasteiger charge is -2.16. The van der Waals surface area contributed by atoms with Crippen molar-refractivity contribution < 1.29 is 4.52 Å². The number of aromatic nitrogens is 3. The molecular formula is C13H16N4O. The number of nitrogens with two attached hydrogens (primary N) is 1. The summed E-state index contributed by atoms with van der Waals surface area (Å²) in [4.78, 5) is 9.06. The highest BCUT2D eigenvalue weighted by molar-refractivity contribution is 5.63. The van der Waals surface area contributed by atoms with Crippen molar-refractivity contribution in [1.82, 2.24) is 15.1 Å². The van der Waals surface area contributed by atoms with Crippen molar-refractivity contribution in [3.8, 4) is 11.4 Å². The monoisotopic (exact) mass is 244 g/mol. The van der Waals surface area contributed by atoms with Gasteiger partial charge in [0, 0.05) is 11.3 Å². The lowest BCUT2D eigenvalue weighted by molar-refractivity contribution is 0.393. The molecule has 0 fully saturated rings. The van der Waals surface area contributed by atoms with Gasteiger partial charge in [0.15, 0.2) is 5.82 Å². The molecule has 1 aliphatic rings. The van der Waals surface area contributed by atoms with E-state index < -0.39 is 0 Å². The Morgan fingerprint density at radius 2 is 1.89 bits per heavy atom. The van der Waals surface area contributed by atoms with Crippen LogP contribution in [0.2, 0.25) is 0 Å². The van der Waals surface area contributed by atoms with Crippen LogP contribution in [0.25, 0.3) is 11.4 Å². The SMILES string of the molecule is Cc1noc(C)c1-c1nc(N)c2c(n1)CCCC2. The first-order valence-electron chi connectivity index (χ1n) is 6.25. The third-order valence-electron chi connectivity index (χ3n) is 3.47. The van der Waals surface area contributed by atoms with Gasteiger partial charge in [0.2, 0.25) is 0 Å². The highest BCUT2D eigenvalue weighted by Gasteiger charge is 2.20.